The Morgan fingerprint density at radius 2 is 2.38 bits per heavy atom. The molecular formula is C13H16N2O. The van der Waals surface area contributed by atoms with E-state index in [0.717, 1.165) is 5.56 Å². The molecule has 0 bridgehead atoms. The van der Waals surface area contributed by atoms with Crippen molar-refractivity contribution in [2.24, 2.45) is 5.73 Å². The average molecular weight is 216 g/mol. The van der Waals surface area contributed by atoms with Gasteiger partial charge in [-0.3, -0.25) is 4.79 Å². The first-order valence-corrected chi connectivity index (χ1v) is 5.19. The van der Waals surface area contributed by atoms with E-state index in [9.17, 15) is 4.79 Å². The van der Waals surface area contributed by atoms with Gasteiger partial charge in [0.2, 0.25) is 5.91 Å². The molecule has 0 aliphatic rings. The van der Waals surface area contributed by atoms with Crippen LogP contribution >= 0.6 is 0 Å². The second kappa shape index (κ2) is 5.94. The van der Waals surface area contributed by atoms with Gasteiger partial charge in [-0.1, -0.05) is 12.1 Å². The Kier molecular flexibility index (Phi) is 4.56. The molecule has 1 amide bonds. The van der Waals surface area contributed by atoms with E-state index in [2.05, 4.69) is 11.2 Å². The lowest BCUT2D eigenvalue weighted by molar-refractivity contribution is 0.1000. The molecule has 1 aromatic rings. The summed E-state index contributed by atoms with van der Waals surface area (Å²) in [7, 11) is 0. The number of amides is 1. The zero-order valence-corrected chi connectivity index (χ0v) is 9.36. The van der Waals surface area contributed by atoms with E-state index in [-0.39, 0.29) is 6.04 Å². The Morgan fingerprint density at radius 1 is 1.62 bits per heavy atom. The number of benzene rings is 1. The molecule has 3 heteroatoms. The van der Waals surface area contributed by atoms with Gasteiger partial charge in [0.15, 0.2) is 0 Å². The van der Waals surface area contributed by atoms with Crippen LogP contribution in [0.25, 0.3) is 0 Å². The number of terminal acetylenes is 1. The first kappa shape index (κ1) is 12.3. The lowest BCUT2D eigenvalue weighted by atomic mass is 10.1. The number of hydrogen-bond acceptors (Lipinski definition) is 2. The first-order chi connectivity index (χ1) is 7.63. The number of hydrogen-bond donors (Lipinski definition) is 2. The van der Waals surface area contributed by atoms with E-state index in [1.54, 1.807) is 12.1 Å². The molecular weight excluding hydrogens is 200 g/mol. The highest BCUT2D eigenvalue weighted by Crippen LogP contribution is 2.05. The zero-order chi connectivity index (χ0) is 12.0. The van der Waals surface area contributed by atoms with Crippen LogP contribution in [0.4, 0.5) is 0 Å². The summed E-state index contributed by atoms with van der Waals surface area (Å²) in [5, 5.41) is 3.27. The molecule has 0 aliphatic carbocycles. The Morgan fingerprint density at radius 3 is 3.00 bits per heavy atom. The minimum Gasteiger partial charge on any atom is -0.366 e. The average Bonchev–Trinajstić information content (AvgIpc) is 2.27. The van der Waals surface area contributed by atoms with Crippen LogP contribution in [0.1, 0.15) is 29.3 Å². The van der Waals surface area contributed by atoms with Gasteiger partial charge in [-0.25, -0.2) is 0 Å². The fourth-order valence-corrected chi connectivity index (χ4v) is 1.38. The van der Waals surface area contributed by atoms with Crippen LogP contribution in [0.5, 0.6) is 0 Å². The molecule has 0 heterocycles. The SMILES string of the molecule is C#CCC(C)NCc1cccc(C(N)=O)c1. The number of carbonyl (C=O) groups is 1. The smallest absolute Gasteiger partial charge is 0.248 e. The van der Waals surface area contributed by atoms with Crippen LogP contribution in [0.2, 0.25) is 0 Å². The maximum absolute atomic E-state index is 11.0. The quantitative estimate of drug-likeness (QED) is 0.729. The van der Waals surface area contributed by atoms with Crippen molar-refractivity contribution < 1.29 is 4.79 Å². The molecule has 1 aromatic carbocycles. The summed E-state index contributed by atoms with van der Waals surface area (Å²) in [5.41, 5.74) is 6.76. The highest BCUT2D eigenvalue weighted by atomic mass is 16.1. The molecule has 84 valence electrons. The van der Waals surface area contributed by atoms with Gasteiger partial charge < -0.3 is 11.1 Å². The number of primary amides is 1. The summed E-state index contributed by atoms with van der Waals surface area (Å²) in [6, 6.07) is 7.53. The van der Waals surface area contributed by atoms with Crippen molar-refractivity contribution in [2.75, 3.05) is 0 Å². The summed E-state index contributed by atoms with van der Waals surface area (Å²) >= 11 is 0. The Labute approximate surface area is 96.0 Å². The van der Waals surface area contributed by atoms with Gasteiger partial charge in [0.05, 0.1) is 0 Å². The molecule has 1 atom stereocenters. The Hall–Kier alpha value is -1.79. The lowest BCUT2D eigenvalue weighted by Gasteiger charge is -2.11. The van der Waals surface area contributed by atoms with Crippen molar-refractivity contribution in [3.05, 3.63) is 35.4 Å². The molecule has 0 saturated heterocycles. The van der Waals surface area contributed by atoms with Gasteiger partial charge in [0, 0.05) is 24.6 Å². The normalized spacial score (nSPS) is 11.8. The number of nitrogens with one attached hydrogen (secondary N) is 1. The van der Waals surface area contributed by atoms with Crippen molar-refractivity contribution >= 4 is 5.91 Å². The van der Waals surface area contributed by atoms with E-state index in [1.165, 1.54) is 0 Å². The molecule has 1 unspecified atom stereocenters. The maximum Gasteiger partial charge on any atom is 0.248 e. The molecule has 0 fully saturated rings. The van der Waals surface area contributed by atoms with Gasteiger partial charge in [-0.15, -0.1) is 12.3 Å². The largest absolute Gasteiger partial charge is 0.366 e. The molecule has 3 N–H and O–H groups in total. The highest BCUT2D eigenvalue weighted by molar-refractivity contribution is 5.92. The molecule has 0 aromatic heterocycles. The van der Waals surface area contributed by atoms with Crippen LogP contribution in [0.15, 0.2) is 24.3 Å². The fraction of sp³-hybridized carbons (Fsp3) is 0.308. The molecule has 16 heavy (non-hydrogen) atoms. The monoisotopic (exact) mass is 216 g/mol. The summed E-state index contributed by atoms with van der Waals surface area (Å²) in [6.07, 6.45) is 5.90. The molecule has 1 rings (SSSR count). The number of rotatable bonds is 5. The second-order valence-electron chi connectivity index (χ2n) is 3.75. The predicted molar refractivity (Wildman–Crippen MR) is 64.7 cm³/mol. The third-order valence-electron chi connectivity index (χ3n) is 2.29. The molecule has 0 spiro atoms. The number of nitrogens with two attached hydrogens (primary N) is 1. The van der Waals surface area contributed by atoms with Crippen molar-refractivity contribution in [3.8, 4) is 12.3 Å². The Balaban J connectivity index is 2.58. The molecule has 0 saturated carbocycles. The van der Waals surface area contributed by atoms with E-state index in [1.807, 2.05) is 19.1 Å². The summed E-state index contributed by atoms with van der Waals surface area (Å²) in [4.78, 5) is 11.0. The van der Waals surface area contributed by atoms with Crippen molar-refractivity contribution in [2.45, 2.75) is 25.9 Å². The maximum atomic E-state index is 11.0. The summed E-state index contributed by atoms with van der Waals surface area (Å²) < 4.78 is 0. The lowest BCUT2D eigenvalue weighted by Crippen LogP contribution is -2.25. The second-order valence-corrected chi connectivity index (χ2v) is 3.75. The third-order valence-corrected chi connectivity index (χ3v) is 2.29. The third kappa shape index (κ3) is 3.76. The molecule has 0 aliphatic heterocycles. The van der Waals surface area contributed by atoms with E-state index >= 15 is 0 Å². The Bertz CT molecular complexity index is 407. The van der Waals surface area contributed by atoms with Crippen molar-refractivity contribution in [3.63, 3.8) is 0 Å². The van der Waals surface area contributed by atoms with Crippen LogP contribution in [0, 0.1) is 12.3 Å². The standard InChI is InChI=1S/C13H16N2O/c1-3-5-10(2)15-9-11-6-4-7-12(8-11)13(14)16/h1,4,6-8,10,15H,5,9H2,2H3,(H2,14,16). The van der Waals surface area contributed by atoms with Gasteiger partial charge in [-0.05, 0) is 24.6 Å². The van der Waals surface area contributed by atoms with Crippen LogP contribution in [-0.4, -0.2) is 11.9 Å². The van der Waals surface area contributed by atoms with E-state index < -0.39 is 5.91 Å². The van der Waals surface area contributed by atoms with E-state index in [0.29, 0.717) is 18.5 Å². The molecule has 3 nitrogen and oxygen atoms in total. The van der Waals surface area contributed by atoms with Crippen LogP contribution in [-0.2, 0) is 6.54 Å². The summed E-state index contributed by atoms with van der Waals surface area (Å²) in [5.74, 6) is 2.19. The van der Waals surface area contributed by atoms with Gasteiger partial charge >= 0.3 is 0 Å². The van der Waals surface area contributed by atoms with Gasteiger partial charge in [0.25, 0.3) is 0 Å². The van der Waals surface area contributed by atoms with Crippen molar-refractivity contribution in [1.29, 1.82) is 0 Å². The first-order valence-electron chi connectivity index (χ1n) is 5.19. The predicted octanol–water partition coefficient (Wildman–Crippen LogP) is 1.29. The minimum atomic E-state index is -0.404. The molecule has 0 radical (unpaired) electrons. The van der Waals surface area contributed by atoms with Crippen LogP contribution < -0.4 is 11.1 Å². The number of carbonyl (C=O) groups excluding carboxylic acids is 1. The van der Waals surface area contributed by atoms with E-state index in [4.69, 9.17) is 12.2 Å². The zero-order valence-electron chi connectivity index (χ0n) is 9.36. The minimum absolute atomic E-state index is 0.266. The van der Waals surface area contributed by atoms with Gasteiger partial charge in [0.1, 0.15) is 0 Å². The highest BCUT2D eigenvalue weighted by Gasteiger charge is 2.02. The van der Waals surface area contributed by atoms with Crippen LogP contribution in [0.3, 0.4) is 0 Å². The summed E-state index contributed by atoms with van der Waals surface area (Å²) in [6.45, 7) is 2.71. The van der Waals surface area contributed by atoms with Gasteiger partial charge in [-0.2, -0.15) is 0 Å². The topological polar surface area (TPSA) is 55.1 Å². The fourth-order valence-electron chi connectivity index (χ4n) is 1.38. The van der Waals surface area contributed by atoms with Crippen molar-refractivity contribution in [1.82, 2.24) is 5.32 Å².